The molecule has 0 bridgehead atoms. The van der Waals surface area contributed by atoms with Crippen molar-refractivity contribution in [3.63, 3.8) is 0 Å². The number of nitrogens with zero attached hydrogens (tertiary/aromatic N) is 2. The Balaban J connectivity index is 1.58. The van der Waals surface area contributed by atoms with Crippen molar-refractivity contribution in [1.82, 2.24) is 20.4 Å². The number of likely N-dealkylation sites (N-methyl/N-ethyl adjacent to an activating group) is 1. The summed E-state index contributed by atoms with van der Waals surface area (Å²) in [5, 5.41) is 15.4. The van der Waals surface area contributed by atoms with Crippen LogP contribution in [-0.4, -0.2) is 78.1 Å². The number of carbonyl (C=O) groups is 4. The van der Waals surface area contributed by atoms with Crippen molar-refractivity contribution in [2.75, 3.05) is 13.2 Å². The molecule has 4 atom stereocenters. The Kier molecular flexibility index (Phi) is 9.78. The van der Waals surface area contributed by atoms with E-state index < -0.39 is 38.2 Å². The quantitative estimate of drug-likeness (QED) is 0.286. The van der Waals surface area contributed by atoms with Crippen LogP contribution in [0.5, 0.6) is 0 Å². The van der Waals surface area contributed by atoms with Crippen LogP contribution in [0.4, 0.5) is 4.79 Å². The number of carbonyl (C=O) groups excluding carboxylic acids is 3. The van der Waals surface area contributed by atoms with Gasteiger partial charge in [0.25, 0.3) is 0 Å². The SMILES string of the molecule is C[C@@H](C(=O)N[C@@H](Cc1ccc(I)cc1)C(=O)N1C[Si](C)(C)C[C@H]1C(=O)N[C@@H]1CCCc2ccccc21)N(C)C(=O)O. The molecule has 2 aromatic carbocycles. The van der Waals surface area contributed by atoms with Crippen LogP contribution in [0.3, 0.4) is 0 Å². The van der Waals surface area contributed by atoms with Crippen LogP contribution in [0.1, 0.15) is 42.5 Å². The Bertz CT molecular complexity index is 1300. The number of hydrogen-bond acceptors (Lipinski definition) is 4. The van der Waals surface area contributed by atoms with Gasteiger partial charge in [-0.15, -0.1) is 0 Å². The summed E-state index contributed by atoms with van der Waals surface area (Å²) in [5.41, 5.74) is 3.25. The van der Waals surface area contributed by atoms with E-state index in [0.29, 0.717) is 12.2 Å². The first-order chi connectivity index (χ1) is 19.4. The third-order valence-electron chi connectivity index (χ3n) is 8.22. The van der Waals surface area contributed by atoms with E-state index in [1.54, 1.807) is 4.90 Å². The zero-order chi connectivity index (χ0) is 29.9. The Hall–Kier alpha value is -2.93. The first-order valence-electron chi connectivity index (χ1n) is 14.1. The number of benzene rings is 2. The Labute approximate surface area is 256 Å². The molecule has 0 radical (unpaired) electrons. The minimum absolute atomic E-state index is 0.0931. The highest BCUT2D eigenvalue weighted by atomic mass is 127. The lowest BCUT2D eigenvalue weighted by Crippen LogP contribution is -2.57. The molecule has 11 heteroatoms. The largest absolute Gasteiger partial charge is 0.465 e. The topological polar surface area (TPSA) is 119 Å². The summed E-state index contributed by atoms with van der Waals surface area (Å²) in [6.07, 6.45) is 2.34. The molecular weight excluding hydrogens is 651 g/mol. The number of carboxylic acid groups (broad SMARTS) is 1. The van der Waals surface area contributed by atoms with Crippen LogP contribution in [0.25, 0.3) is 0 Å². The molecule has 0 spiro atoms. The second-order valence-electron chi connectivity index (χ2n) is 12.0. The van der Waals surface area contributed by atoms with Crippen molar-refractivity contribution in [2.24, 2.45) is 0 Å². The molecule has 4 amide bonds. The number of fused-ring (bicyclic) bond motifs is 1. The van der Waals surface area contributed by atoms with E-state index in [0.717, 1.165) is 38.9 Å². The molecule has 1 fully saturated rings. The number of aryl methyl sites for hydroxylation is 1. The molecule has 1 aliphatic heterocycles. The predicted octanol–water partition coefficient (Wildman–Crippen LogP) is 3.97. The van der Waals surface area contributed by atoms with Gasteiger partial charge < -0.3 is 20.6 Å². The van der Waals surface area contributed by atoms with Crippen LogP contribution < -0.4 is 10.6 Å². The van der Waals surface area contributed by atoms with Crippen molar-refractivity contribution in [2.45, 2.75) is 75.9 Å². The van der Waals surface area contributed by atoms with Gasteiger partial charge in [0.15, 0.2) is 0 Å². The molecule has 220 valence electrons. The van der Waals surface area contributed by atoms with E-state index in [1.807, 2.05) is 36.4 Å². The molecule has 9 nitrogen and oxygen atoms in total. The molecular formula is C30H39IN4O5Si. The summed E-state index contributed by atoms with van der Waals surface area (Å²) >= 11 is 2.21. The van der Waals surface area contributed by atoms with Crippen molar-refractivity contribution in [1.29, 1.82) is 0 Å². The van der Waals surface area contributed by atoms with E-state index in [2.05, 4.69) is 58.5 Å². The summed E-state index contributed by atoms with van der Waals surface area (Å²) in [5.74, 6) is -1.03. The molecule has 0 unspecified atom stereocenters. The fraction of sp³-hybridized carbons (Fsp3) is 0.467. The standard InChI is InChI=1S/C30H39IN4O5Si/c1-19(34(2)30(39)40)27(36)33-25(16-20-12-14-22(31)15-13-20)29(38)35-18-41(3,4)17-26(35)28(37)32-24-11-7-9-21-8-5-6-10-23(21)24/h5-6,8,10,12-15,19,24-26H,7,9,11,16-18H2,1-4H3,(H,32,37)(H,33,36)(H,39,40)/t19-,24+,25-,26-/m0/s1. The average molecular weight is 691 g/mol. The fourth-order valence-electron chi connectivity index (χ4n) is 5.80. The highest BCUT2D eigenvalue weighted by Gasteiger charge is 2.47. The maximum absolute atomic E-state index is 14.2. The first kappa shape index (κ1) is 31.0. The summed E-state index contributed by atoms with van der Waals surface area (Å²) in [6, 6.07) is 13.9. The maximum atomic E-state index is 14.2. The molecule has 1 aliphatic carbocycles. The molecule has 3 N–H and O–H groups in total. The van der Waals surface area contributed by atoms with Gasteiger partial charge >= 0.3 is 6.09 Å². The van der Waals surface area contributed by atoms with Gasteiger partial charge in [-0.25, -0.2) is 4.79 Å². The number of rotatable bonds is 8. The second kappa shape index (κ2) is 12.9. The highest BCUT2D eigenvalue weighted by molar-refractivity contribution is 14.1. The van der Waals surface area contributed by atoms with Gasteiger partial charge in [0.1, 0.15) is 18.1 Å². The van der Waals surface area contributed by atoms with E-state index >= 15 is 0 Å². The lowest BCUT2D eigenvalue weighted by Gasteiger charge is -2.32. The van der Waals surface area contributed by atoms with E-state index in [-0.39, 0.29) is 24.3 Å². The van der Waals surface area contributed by atoms with E-state index in [9.17, 15) is 24.3 Å². The third-order valence-corrected chi connectivity index (χ3v) is 11.6. The number of hydrogen-bond donors (Lipinski definition) is 3. The number of halogens is 1. The van der Waals surface area contributed by atoms with Crippen molar-refractivity contribution < 1.29 is 24.3 Å². The van der Waals surface area contributed by atoms with Gasteiger partial charge in [-0.2, -0.15) is 0 Å². The van der Waals surface area contributed by atoms with Crippen LogP contribution in [0.2, 0.25) is 19.1 Å². The molecule has 41 heavy (non-hydrogen) atoms. The van der Waals surface area contributed by atoms with Crippen molar-refractivity contribution >= 4 is 54.5 Å². The molecule has 0 aromatic heterocycles. The monoisotopic (exact) mass is 690 g/mol. The Morgan fingerprint density at radius 2 is 1.80 bits per heavy atom. The number of nitrogens with one attached hydrogen (secondary N) is 2. The lowest BCUT2D eigenvalue weighted by molar-refractivity contribution is -0.141. The smallest absolute Gasteiger partial charge is 0.407 e. The summed E-state index contributed by atoms with van der Waals surface area (Å²) in [4.78, 5) is 55.1. The van der Waals surface area contributed by atoms with Crippen molar-refractivity contribution in [3.05, 3.63) is 68.8 Å². The number of amides is 4. The van der Waals surface area contributed by atoms with Gasteiger partial charge in [-0.1, -0.05) is 49.5 Å². The van der Waals surface area contributed by atoms with Crippen LogP contribution in [0.15, 0.2) is 48.5 Å². The van der Waals surface area contributed by atoms with Gasteiger partial charge in [-0.05, 0) is 83.6 Å². The maximum Gasteiger partial charge on any atom is 0.407 e. The Morgan fingerprint density at radius 3 is 2.49 bits per heavy atom. The van der Waals surface area contributed by atoms with Crippen LogP contribution >= 0.6 is 22.6 Å². The summed E-state index contributed by atoms with van der Waals surface area (Å²) < 4.78 is 1.04. The summed E-state index contributed by atoms with van der Waals surface area (Å²) in [6.45, 7) is 5.83. The molecule has 1 saturated heterocycles. The second-order valence-corrected chi connectivity index (χ2v) is 18.3. The molecule has 2 aliphatic rings. The summed E-state index contributed by atoms with van der Waals surface area (Å²) in [7, 11) is -0.604. The minimum atomic E-state index is -1.92. The minimum Gasteiger partial charge on any atom is -0.465 e. The average Bonchev–Trinajstić information content (AvgIpc) is 3.28. The normalized spacial score (nSPS) is 20.9. The van der Waals surface area contributed by atoms with Gasteiger partial charge in [-0.3, -0.25) is 19.3 Å². The van der Waals surface area contributed by atoms with Gasteiger partial charge in [0, 0.05) is 23.2 Å². The fourth-order valence-corrected chi connectivity index (χ4v) is 9.04. The van der Waals surface area contributed by atoms with E-state index in [1.165, 1.54) is 19.5 Å². The Morgan fingerprint density at radius 1 is 1.12 bits per heavy atom. The van der Waals surface area contributed by atoms with Gasteiger partial charge in [0.05, 0.1) is 14.1 Å². The molecule has 4 rings (SSSR count). The molecule has 0 saturated carbocycles. The van der Waals surface area contributed by atoms with Crippen LogP contribution in [-0.2, 0) is 27.2 Å². The zero-order valence-electron chi connectivity index (χ0n) is 24.0. The highest BCUT2D eigenvalue weighted by Crippen LogP contribution is 2.32. The third kappa shape index (κ3) is 7.48. The van der Waals surface area contributed by atoms with Crippen LogP contribution in [0, 0.1) is 3.57 Å². The molecule has 2 aromatic rings. The van der Waals surface area contributed by atoms with E-state index in [4.69, 9.17) is 0 Å². The van der Waals surface area contributed by atoms with Gasteiger partial charge in [0.2, 0.25) is 17.7 Å². The lowest BCUT2D eigenvalue weighted by atomic mass is 9.87. The van der Waals surface area contributed by atoms with Crippen molar-refractivity contribution in [3.8, 4) is 0 Å². The first-order valence-corrected chi connectivity index (χ1v) is 18.5. The molecule has 1 heterocycles. The zero-order valence-corrected chi connectivity index (χ0v) is 27.2. The predicted molar refractivity (Wildman–Crippen MR) is 168 cm³/mol.